The van der Waals surface area contributed by atoms with E-state index in [9.17, 15) is 0 Å². The van der Waals surface area contributed by atoms with Crippen LogP contribution in [0.5, 0.6) is 0 Å². The lowest BCUT2D eigenvalue weighted by Crippen LogP contribution is -1.10. The first-order valence-electron chi connectivity index (χ1n) is 0.789. The molecule has 0 aromatic heterocycles. The molecule has 56 valence electrons. The molecular weight excluding hydrogens is 96.1 g/mol. The second kappa shape index (κ2) is 647. The lowest BCUT2D eigenvalue weighted by atomic mass is 10.9. The summed E-state index contributed by atoms with van der Waals surface area (Å²) in [5.41, 5.74) is 0. The largest absolute Gasteiger partial charge is 0.120 e. The first-order chi connectivity index (χ1) is 1.41. The van der Waals surface area contributed by atoms with Gasteiger partial charge in [-0.25, -0.2) is 0 Å². The van der Waals surface area contributed by atoms with Gasteiger partial charge in [0.25, 0.3) is 0 Å². The van der Waals surface area contributed by atoms with Crippen molar-refractivity contribution in [2.45, 2.75) is 44.1 Å². The van der Waals surface area contributed by atoms with Crippen molar-refractivity contribution in [3.05, 3.63) is 0 Å². The smallest absolute Gasteiger partial charge is 0.00297 e. The van der Waals surface area contributed by atoms with E-state index in [1.807, 2.05) is 0 Å². The summed E-state index contributed by atoms with van der Waals surface area (Å²) >= 11 is 0. The van der Waals surface area contributed by atoms with Gasteiger partial charge in [-0.1, -0.05) is 37.1 Å². The lowest BCUT2D eigenvalue weighted by Gasteiger charge is -1.23. The Balaban J connectivity index is -0.00000000200. The molecule has 0 heteroatoms. The van der Waals surface area contributed by atoms with E-state index < -0.39 is 0 Å². The number of terminal acetylenes is 1. The molecule has 0 fully saturated rings. The number of hydrogen-bond acceptors (Lipinski definition) is 0. The molecule has 0 atom stereocenters. The molecule has 0 saturated carbocycles. The van der Waals surface area contributed by atoms with Crippen LogP contribution in [0.2, 0.25) is 0 Å². The summed E-state index contributed by atoms with van der Waals surface area (Å²) in [5, 5.41) is 0. The fourth-order valence-electron chi connectivity index (χ4n) is 0. The molecule has 0 aliphatic carbocycles. The zero-order valence-corrected chi connectivity index (χ0v) is 2.08. The Hall–Kier alpha value is -0.440. The number of rotatable bonds is 0. The van der Waals surface area contributed by atoms with Crippen LogP contribution in [-0.2, 0) is 0 Å². The van der Waals surface area contributed by atoms with Crippen molar-refractivity contribution in [1.82, 2.24) is 0 Å². The maximum atomic E-state index is 4.60. The molecule has 0 aromatic carbocycles. The second-order valence-electron chi connectivity index (χ2n) is 0.289. The third kappa shape index (κ3) is 597. The predicted octanol–water partition coefficient (Wildman–Crippen LogP) is 3.82. The van der Waals surface area contributed by atoms with Gasteiger partial charge in [0.1, 0.15) is 0 Å². The maximum absolute atomic E-state index is 4.60. The van der Waals surface area contributed by atoms with Gasteiger partial charge in [0, 0.05) is 0 Å². The van der Waals surface area contributed by atoms with Crippen molar-refractivity contribution in [2.75, 3.05) is 0 Å². The van der Waals surface area contributed by atoms with Gasteiger partial charge in [-0.2, -0.15) is 0 Å². The lowest BCUT2D eigenvalue weighted by molar-refractivity contribution is 1.94. The van der Waals surface area contributed by atoms with Gasteiger partial charge in [-0.3, -0.25) is 0 Å². The third-order valence-electron chi connectivity index (χ3n) is 0. The monoisotopic (exact) mass is 120 g/mol. The average Bonchev–Trinajstić information content (AvgIpc) is 0.918. The van der Waals surface area contributed by atoms with Crippen LogP contribution in [0.25, 0.3) is 0 Å². The van der Waals surface area contributed by atoms with Crippen molar-refractivity contribution in [3.63, 3.8) is 0 Å². The molecule has 0 saturated heterocycles. The molecular formula is C8H24. The molecule has 0 radical (unpaired) electrons. The summed E-state index contributed by atoms with van der Waals surface area (Å²) < 4.78 is 0. The molecule has 0 amide bonds. The Kier molecular flexibility index (Phi) is 10800. The fraction of sp³-hybridized carbons (Fsp3) is 0.750. The zero-order chi connectivity index (χ0) is 2.71. The van der Waals surface area contributed by atoms with E-state index in [1.165, 1.54) is 0 Å². The maximum Gasteiger partial charge on any atom is -0.00297 e. The molecule has 0 heterocycles. The quantitative estimate of drug-likeness (QED) is 0.426. The zero-order valence-electron chi connectivity index (χ0n) is 2.08. The Morgan fingerprint density at radius 3 is 0.875 bits per heavy atom. The van der Waals surface area contributed by atoms with Crippen LogP contribution in [0.4, 0.5) is 0 Å². The van der Waals surface area contributed by atoms with Gasteiger partial charge in [-0.15, -0.1) is 12.3 Å². The summed E-state index contributed by atoms with van der Waals surface area (Å²) in [6.45, 7) is 1.65. The summed E-state index contributed by atoms with van der Waals surface area (Å²) in [7, 11) is 0. The Bertz CT molecular complexity index is 21.5. The van der Waals surface area contributed by atoms with Gasteiger partial charge in [0.2, 0.25) is 0 Å². The van der Waals surface area contributed by atoms with Crippen LogP contribution >= 0.6 is 0 Å². The van der Waals surface area contributed by atoms with Gasteiger partial charge in [-0.05, 0) is 6.92 Å². The predicted molar refractivity (Wildman–Crippen MR) is 48.2 cm³/mol. The highest BCUT2D eigenvalue weighted by atomic mass is 13.2. The topological polar surface area (TPSA) is 0 Å². The highest BCUT2D eigenvalue weighted by molar-refractivity contribution is 4.73. The normalized spacial score (nSPS) is 1.00. The minimum atomic E-state index is 0. The van der Waals surface area contributed by atoms with Crippen molar-refractivity contribution in [1.29, 1.82) is 0 Å². The van der Waals surface area contributed by atoms with Crippen molar-refractivity contribution in [2.24, 2.45) is 0 Å². The van der Waals surface area contributed by atoms with E-state index in [0.29, 0.717) is 0 Å². The van der Waals surface area contributed by atoms with Crippen LogP contribution in [0.3, 0.4) is 0 Å². The van der Waals surface area contributed by atoms with E-state index in [-0.39, 0.29) is 37.1 Å². The molecule has 0 nitrogen and oxygen atoms in total. The molecule has 0 spiro atoms. The minimum absolute atomic E-state index is 0. The molecule has 0 bridgehead atoms. The van der Waals surface area contributed by atoms with Gasteiger partial charge < -0.3 is 0 Å². The standard InChI is InChI=1S/C3H4.5CH4/c1-3-2;;;;;/h1H,2H3;5*1H4. The minimum Gasteiger partial charge on any atom is -0.120 e. The van der Waals surface area contributed by atoms with Crippen molar-refractivity contribution in [3.8, 4) is 12.3 Å². The molecule has 0 aliphatic heterocycles. The second-order valence-corrected chi connectivity index (χ2v) is 0.289. The van der Waals surface area contributed by atoms with E-state index in [4.69, 9.17) is 0 Å². The van der Waals surface area contributed by atoms with E-state index in [0.717, 1.165) is 0 Å². The molecule has 0 N–H and O–H groups in total. The first kappa shape index (κ1) is 134. The Morgan fingerprint density at radius 1 is 0.875 bits per heavy atom. The Labute approximate surface area is 57.3 Å². The average molecular weight is 120 g/mol. The van der Waals surface area contributed by atoms with Gasteiger partial charge in [0.05, 0.1) is 0 Å². The van der Waals surface area contributed by atoms with Crippen molar-refractivity contribution < 1.29 is 0 Å². The van der Waals surface area contributed by atoms with Gasteiger partial charge in [0.15, 0.2) is 0 Å². The fourth-order valence-corrected chi connectivity index (χ4v) is 0. The molecule has 0 rings (SSSR count). The van der Waals surface area contributed by atoms with Crippen LogP contribution < -0.4 is 0 Å². The van der Waals surface area contributed by atoms with Crippen molar-refractivity contribution >= 4 is 0 Å². The highest BCUT2D eigenvalue weighted by Gasteiger charge is 1.09. The van der Waals surface area contributed by atoms with Crippen LogP contribution in [0.15, 0.2) is 0 Å². The van der Waals surface area contributed by atoms with Crippen LogP contribution in [-0.4, -0.2) is 0 Å². The molecule has 0 aromatic rings. The van der Waals surface area contributed by atoms with Gasteiger partial charge >= 0.3 is 0 Å². The van der Waals surface area contributed by atoms with E-state index >= 15 is 0 Å². The van der Waals surface area contributed by atoms with E-state index in [1.54, 1.807) is 6.92 Å². The van der Waals surface area contributed by atoms with Crippen LogP contribution in [0, 0.1) is 12.3 Å². The highest BCUT2D eigenvalue weighted by Crippen LogP contribution is 1.21. The van der Waals surface area contributed by atoms with E-state index in [2.05, 4.69) is 12.3 Å². The third-order valence-corrected chi connectivity index (χ3v) is 0. The molecule has 0 aliphatic rings. The van der Waals surface area contributed by atoms with Crippen LogP contribution in [0.1, 0.15) is 44.1 Å². The SMILES string of the molecule is C.C.C.C.C.C#CC. The summed E-state index contributed by atoms with van der Waals surface area (Å²) in [6, 6.07) is 0. The summed E-state index contributed by atoms with van der Waals surface area (Å²) in [5.74, 6) is 2.25. The summed E-state index contributed by atoms with van der Waals surface area (Å²) in [4.78, 5) is 0. The first-order valence-corrected chi connectivity index (χ1v) is 0.789. The Morgan fingerprint density at radius 2 is 0.875 bits per heavy atom. The number of hydrogen-bond donors (Lipinski definition) is 0. The molecule has 0 unspecified atom stereocenters. The summed E-state index contributed by atoms with van der Waals surface area (Å²) in [6.07, 6.45) is 4.60. The molecule has 8 heavy (non-hydrogen) atoms.